The third kappa shape index (κ3) is 2.37. The molecule has 0 radical (unpaired) electrons. The van der Waals surface area contributed by atoms with Gasteiger partial charge in [0.25, 0.3) is 6.26 Å². The molecule has 0 atom stereocenters. The van der Waals surface area contributed by atoms with Gasteiger partial charge >= 0.3 is 0 Å². The average molecular weight is 154 g/mol. The summed E-state index contributed by atoms with van der Waals surface area (Å²) in [6, 6.07) is 5.12. The van der Waals surface area contributed by atoms with E-state index in [0.29, 0.717) is 5.88 Å². The van der Waals surface area contributed by atoms with Crippen molar-refractivity contribution in [2.45, 2.75) is 0 Å². The number of nitriles is 1. The summed E-state index contributed by atoms with van der Waals surface area (Å²) >= 11 is 0. The Morgan fingerprint density at radius 2 is 2.30 bits per heavy atom. The molecule has 0 aliphatic heterocycles. The summed E-state index contributed by atoms with van der Waals surface area (Å²) in [7, 11) is 0. The Morgan fingerprint density at radius 3 is 2.80 bits per heavy atom. The van der Waals surface area contributed by atoms with Gasteiger partial charge in [0, 0.05) is 12.3 Å². The summed E-state index contributed by atoms with van der Waals surface area (Å²) in [5, 5.41) is 8.01. The number of rotatable bonds is 1. The Morgan fingerprint density at radius 1 is 1.50 bits per heavy atom. The number of hydrogen-bond donors (Lipinski definition) is 0. The summed E-state index contributed by atoms with van der Waals surface area (Å²) < 4.78 is 4.40. The van der Waals surface area contributed by atoms with Gasteiger partial charge in [-0.15, -0.1) is 5.26 Å². The molecule has 1 aromatic heterocycles. The lowest BCUT2D eigenvalue weighted by Gasteiger charge is -1.88. The molecule has 0 N–H and O–H groups in total. The summed E-state index contributed by atoms with van der Waals surface area (Å²) in [5.41, 5.74) is 0. The Balaban J connectivity index is 0.000000810. The van der Waals surface area contributed by atoms with E-state index >= 15 is 0 Å². The molecule has 0 bridgehead atoms. The van der Waals surface area contributed by atoms with Crippen LogP contribution < -0.4 is 4.74 Å². The Hall–Kier alpha value is -1.21. The fraction of sp³-hybridized carbons (Fsp3) is 0. The van der Waals surface area contributed by atoms with Gasteiger partial charge in [-0.3, -0.25) is 0 Å². The van der Waals surface area contributed by atoms with E-state index in [1.165, 1.54) is 6.26 Å². The molecule has 1 heterocycles. The third-order valence-corrected chi connectivity index (χ3v) is 0.788. The molecule has 10 heavy (non-hydrogen) atoms. The van der Waals surface area contributed by atoms with Crippen molar-refractivity contribution in [3.8, 4) is 12.1 Å². The maximum atomic E-state index is 8.01. The standard InChI is InChI=1S/C6H4N2O.H2S/c7-5-9-6-3-1-2-4-8-6;/h1-4H;1H2. The van der Waals surface area contributed by atoms with E-state index in [0.717, 1.165) is 0 Å². The number of pyridine rings is 1. The van der Waals surface area contributed by atoms with Crippen LogP contribution in [-0.4, -0.2) is 4.98 Å². The van der Waals surface area contributed by atoms with Crippen LogP contribution in [0.3, 0.4) is 0 Å². The summed E-state index contributed by atoms with van der Waals surface area (Å²) in [5.74, 6) is 0.333. The molecule has 0 saturated heterocycles. The molecular formula is C6H6N2OS. The van der Waals surface area contributed by atoms with E-state index < -0.39 is 0 Å². The zero-order valence-corrected chi connectivity index (χ0v) is 6.11. The fourth-order valence-electron chi connectivity index (χ4n) is 0.454. The molecule has 0 spiro atoms. The largest absolute Gasteiger partial charge is 0.367 e. The fourth-order valence-corrected chi connectivity index (χ4v) is 0.454. The van der Waals surface area contributed by atoms with Crippen LogP contribution in [0.1, 0.15) is 0 Å². The minimum atomic E-state index is 0. The van der Waals surface area contributed by atoms with E-state index in [4.69, 9.17) is 5.26 Å². The van der Waals surface area contributed by atoms with Gasteiger partial charge in [0.15, 0.2) is 0 Å². The SMILES string of the molecule is N#COc1ccccn1.S. The molecule has 0 unspecified atom stereocenters. The van der Waals surface area contributed by atoms with Gasteiger partial charge in [-0.1, -0.05) is 6.07 Å². The zero-order valence-electron chi connectivity index (χ0n) is 5.11. The minimum Gasteiger partial charge on any atom is -0.367 e. The number of nitrogens with zero attached hydrogens (tertiary/aromatic N) is 2. The van der Waals surface area contributed by atoms with Crippen molar-refractivity contribution in [2.75, 3.05) is 0 Å². The van der Waals surface area contributed by atoms with Crippen LogP contribution in [0.5, 0.6) is 5.88 Å². The molecule has 1 aromatic rings. The average Bonchev–Trinajstić information content (AvgIpc) is 1.91. The Labute approximate surface area is 65.7 Å². The second kappa shape index (κ2) is 4.65. The number of hydrogen-bond acceptors (Lipinski definition) is 3. The highest BCUT2D eigenvalue weighted by atomic mass is 32.1. The van der Waals surface area contributed by atoms with Crippen molar-refractivity contribution >= 4 is 13.5 Å². The van der Waals surface area contributed by atoms with E-state index in [1.807, 2.05) is 0 Å². The van der Waals surface area contributed by atoms with Crippen molar-refractivity contribution < 1.29 is 4.74 Å². The van der Waals surface area contributed by atoms with Crippen molar-refractivity contribution in [1.29, 1.82) is 5.26 Å². The van der Waals surface area contributed by atoms with Crippen LogP contribution in [0.4, 0.5) is 0 Å². The van der Waals surface area contributed by atoms with E-state index in [1.54, 1.807) is 24.4 Å². The summed E-state index contributed by atoms with van der Waals surface area (Å²) in [6.45, 7) is 0. The van der Waals surface area contributed by atoms with Crippen LogP contribution in [0, 0.1) is 11.5 Å². The molecule has 0 saturated carbocycles. The van der Waals surface area contributed by atoms with Crippen molar-refractivity contribution in [1.82, 2.24) is 4.98 Å². The first-order chi connectivity index (χ1) is 4.43. The third-order valence-electron chi connectivity index (χ3n) is 0.788. The molecule has 0 fully saturated rings. The highest BCUT2D eigenvalue weighted by molar-refractivity contribution is 7.59. The van der Waals surface area contributed by atoms with Gasteiger partial charge in [0.1, 0.15) is 0 Å². The zero-order chi connectivity index (χ0) is 6.53. The Kier molecular flexibility index (Phi) is 4.09. The molecule has 0 aliphatic carbocycles. The lowest BCUT2D eigenvalue weighted by atomic mass is 10.5. The van der Waals surface area contributed by atoms with Gasteiger partial charge in [-0.2, -0.15) is 13.5 Å². The van der Waals surface area contributed by atoms with Crippen molar-refractivity contribution in [2.24, 2.45) is 0 Å². The first-order valence-corrected chi connectivity index (χ1v) is 2.40. The number of ether oxygens (including phenoxy) is 1. The van der Waals surface area contributed by atoms with Crippen LogP contribution >= 0.6 is 13.5 Å². The highest BCUT2D eigenvalue weighted by Gasteiger charge is 1.86. The lowest BCUT2D eigenvalue weighted by molar-refractivity contribution is 0.486. The second-order valence-corrected chi connectivity index (χ2v) is 1.36. The first-order valence-electron chi connectivity index (χ1n) is 2.40. The first kappa shape index (κ1) is 8.79. The predicted octanol–water partition coefficient (Wildman–Crippen LogP) is 1.05. The maximum absolute atomic E-state index is 8.01. The van der Waals surface area contributed by atoms with Gasteiger partial charge < -0.3 is 4.74 Å². The van der Waals surface area contributed by atoms with Gasteiger partial charge in [-0.25, -0.2) is 4.98 Å². The van der Waals surface area contributed by atoms with Gasteiger partial charge in [0.2, 0.25) is 5.88 Å². The normalized spacial score (nSPS) is 7.10. The van der Waals surface area contributed by atoms with Crippen LogP contribution in [0.15, 0.2) is 24.4 Å². The van der Waals surface area contributed by atoms with E-state index in [9.17, 15) is 0 Å². The van der Waals surface area contributed by atoms with Gasteiger partial charge in [0.05, 0.1) is 0 Å². The quantitative estimate of drug-likeness (QED) is 0.568. The predicted molar refractivity (Wildman–Crippen MR) is 40.9 cm³/mol. The van der Waals surface area contributed by atoms with Crippen molar-refractivity contribution in [3.05, 3.63) is 24.4 Å². The monoisotopic (exact) mass is 154 g/mol. The summed E-state index contributed by atoms with van der Waals surface area (Å²) in [4.78, 5) is 3.72. The molecule has 3 nitrogen and oxygen atoms in total. The van der Waals surface area contributed by atoms with Crippen LogP contribution in [0.2, 0.25) is 0 Å². The van der Waals surface area contributed by atoms with Crippen LogP contribution in [-0.2, 0) is 0 Å². The van der Waals surface area contributed by atoms with E-state index in [2.05, 4.69) is 9.72 Å². The molecule has 0 amide bonds. The van der Waals surface area contributed by atoms with E-state index in [-0.39, 0.29) is 13.5 Å². The molecule has 52 valence electrons. The van der Waals surface area contributed by atoms with Crippen molar-refractivity contribution in [3.63, 3.8) is 0 Å². The topological polar surface area (TPSA) is 45.9 Å². The smallest absolute Gasteiger partial charge is 0.293 e. The number of aromatic nitrogens is 1. The summed E-state index contributed by atoms with van der Waals surface area (Å²) in [6.07, 6.45) is 3.08. The molecular weight excluding hydrogens is 148 g/mol. The minimum absolute atomic E-state index is 0. The molecule has 4 heteroatoms. The second-order valence-electron chi connectivity index (χ2n) is 1.36. The molecule has 0 aromatic carbocycles. The Bertz CT molecular complexity index is 219. The highest BCUT2D eigenvalue weighted by Crippen LogP contribution is 2.00. The molecule has 1 rings (SSSR count). The maximum Gasteiger partial charge on any atom is 0.293 e. The molecule has 0 aliphatic rings. The van der Waals surface area contributed by atoms with Gasteiger partial charge in [-0.05, 0) is 6.07 Å². The lowest BCUT2D eigenvalue weighted by Crippen LogP contribution is -1.82. The van der Waals surface area contributed by atoms with Crippen LogP contribution in [0.25, 0.3) is 0 Å².